The van der Waals surface area contributed by atoms with Crippen LogP contribution in [-0.2, 0) is 0 Å². The van der Waals surface area contributed by atoms with E-state index in [0.29, 0.717) is 30.9 Å². The number of amides is 2. The monoisotopic (exact) mass is 367 g/mol. The van der Waals surface area contributed by atoms with Crippen LogP contribution in [0.5, 0.6) is 5.75 Å². The third-order valence-electron chi connectivity index (χ3n) is 4.62. The Bertz CT molecular complexity index is 797. The molecule has 2 amide bonds. The fourth-order valence-corrected chi connectivity index (χ4v) is 3.14. The summed E-state index contributed by atoms with van der Waals surface area (Å²) in [4.78, 5) is 27.9. The molecule has 0 saturated carbocycles. The minimum absolute atomic E-state index is 0.0105. The predicted octanol–water partition coefficient (Wildman–Crippen LogP) is 3.64. The van der Waals surface area contributed by atoms with E-state index >= 15 is 0 Å². The van der Waals surface area contributed by atoms with Gasteiger partial charge in [0, 0.05) is 37.4 Å². The fraction of sp³-hybridized carbons (Fsp3) is 0.333. The van der Waals surface area contributed by atoms with Crippen molar-refractivity contribution >= 4 is 23.2 Å². The Balaban J connectivity index is 1.57. The van der Waals surface area contributed by atoms with Crippen molar-refractivity contribution in [3.63, 3.8) is 0 Å². The van der Waals surface area contributed by atoms with Crippen LogP contribution in [0, 0.1) is 0 Å². The Hall–Kier alpha value is -3.02. The summed E-state index contributed by atoms with van der Waals surface area (Å²) in [5.41, 5.74) is 2.39. The van der Waals surface area contributed by atoms with Gasteiger partial charge < -0.3 is 19.9 Å². The molecule has 0 unspecified atom stereocenters. The van der Waals surface area contributed by atoms with Crippen LogP contribution in [0.3, 0.4) is 0 Å². The maximum absolute atomic E-state index is 12.5. The molecule has 6 heteroatoms. The van der Waals surface area contributed by atoms with Crippen molar-refractivity contribution in [2.75, 3.05) is 43.0 Å². The Labute approximate surface area is 159 Å². The summed E-state index contributed by atoms with van der Waals surface area (Å²) in [6.45, 7) is 6.90. The summed E-state index contributed by atoms with van der Waals surface area (Å²) < 4.78 is 5.71. The van der Waals surface area contributed by atoms with Gasteiger partial charge in [-0.05, 0) is 50.2 Å². The summed E-state index contributed by atoms with van der Waals surface area (Å²) in [5.74, 6) is 0.889. The van der Waals surface area contributed by atoms with Crippen LogP contribution in [0.4, 0.5) is 16.2 Å². The summed E-state index contributed by atoms with van der Waals surface area (Å²) in [5, 5.41) is 2.90. The molecule has 2 aromatic carbocycles. The van der Waals surface area contributed by atoms with E-state index < -0.39 is 0 Å². The van der Waals surface area contributed by atoms with Crippen LogP contribution in [0.1, 0.15) is 24.2 Å². The van der Waals surface area contributed by atoms with E-state index in [1.165, 1.54) is 6.92 Å². The third-order valence-corrected chi connectivity index (χ3v) is 4.62. The molecule has 6 nitrogen and oxygen atoms in total. The molecule has 1 aliphatic rings. The molecule has 0 spiro atoms. The standard InChI is InChI=1S/C21H25N3O3/c1-3-27-20-7-5-4-6-19(20)23-12-14-24(15-13-23)21(26)22-18-10-8-17(9-11-18)16(2)25/h4-11H,3,12-15H2,1-2H3,(H,22,26). The molecule has 142 valence electrons. The highest BCUT2D eigenvalue weighted by molar-refractivity contribution is 5.95. The van der Waals surface area contributed by atoms with Gasteiger partial charge >= 0.3 is 6.03 Å². The summed E-state index contributed by atoms with van der Waals surface area (Å²) in [6.07, 6.45) is 0. The number of urea groups is 1. The van der Waals surface area contributed by atoms with Crippen molar-refractivity contribution in [3.8, 4) is 5.75 Å². The van der Waals surface area contributed by atoms with Crippen molar-refractivity contribution in [2.24, 2.45) is 0 Å². The van der Waals surface area contributed by atoms with E-state index in [1.54, 1.807) is 29.2 Å². The highest BCUT2D eigenvalue weighted by Gasteiger charge is 2.23. The largest absolute Gasteiger partial charge is 0.492 e. The number of rotatable bonds is 5. The number of nitrogens with zero attached hydrogens (tertiary/aromatic N) is 2. The molecule has 0 atom stereocenters. The minimum atomic E-state index is -0.122. The number of ether oxygens (including phenoxy) is 1. The lowest BCUT2D eigenvalue weighted by molar-refractivity contribution is 0.101. The number of carbonyl (C=O) groups is 2. The lowest BCUT2D eigenvalue weighted by atomic mass is 10.1. The molecule has 1 heterocycles. The number of ketones is 1. The normalized spacial score (nSPS) is 14.0. The molecule has 1 aliphatic heterocycles. The molecule has 0 aliphatic carbocycles. The molecule has 0 radical (unpaired) electrons. The highest BCUT2D eigenvalue weighted by atomic mass is 16.5. The van der Waals surface area contributed by atoms with Crippen molar-refractivity contribution in [3.05, 3.63) is 54.1 Å². The number of piperazine rings is 1. The Morgan fingerprint density at radius 2 is 1.67 bits per heavy atom. The molecule has 1 saturated heterocycles. The van der Waals surface area contributed by atoms with Crippen LogP contribution in [0.15, 0.2) is 48.5 Å². The van der Waals surface area contributed by atoms with E-state index in [-0.39, 0.29) is 11.8 Å². The lowest BCUT2D eigenvalue weighted by Gasteiger charge is -2.36. The van der Waals surface area contributed by atoms with Crippen molar-refractivity contribution < 1.29 is 14.3 Å². The number of para-hydroxylation sites is 2. The number of anilines is 2. The zero-order valence-electron chi connectivity index (χ0n) is 15.8. The average Bonchev–Trinajstić information content (AvgIpc) is 2.69. The molecule has 27 heavy (non-hydrogen) atoms. The first kappa shape index (κ1) is 18.8. The SMILES string of the molecule is CCOc1ccccc1N1CCN(C(=O)Nc2ccc(C(C)=O)cc2)CC1. The minimum Gasteiger partial charge on any atom is -0.492 e. The molecule has 2 aromatic rings. The Morgan fingerprint density at radius 1 is 1.00 bits per heavy atom. The van der Waals surface area contributed by atoms with Gasteiger partial charge in [-0.2, -0.15) is 0 Å². The van der Waals surface area contributed by atoms with Crippen LogP contribution >= 0.6 is 0 Å². The zero-order valence-corrected chi connectivity index (χ0v) is 15.8. The fourth-order valence-electron chi connectivity index (χ4n) is 3.14. The lowest BCUT2D eigenvalue weighted by Crippen LogP contribution is -2.50. The highest BCUT2D eigenvalue weighted by Crippen LogP contribution is 2.28. The van der Waals surface area contributed by atoms with Crippen molar-refractivity contribution in [1.82, 2.24) is 4.90 Å². The smallest absolute Gasteiger partial charge is 0.321 e. The van der Waals surface area contributed by atoms with Gasteiger partial charge in [-0.3, -0.25) is 4.79 Å². The number of Topliss-reactive ketones (excluding diaryl/α,β-unsaturated/α-hetero) is 1. The van der Waals surface area contributed by atoms with E-state index in [4.69, 9.17) is 4.74 Å². The average molecular weight is 367 g/mol. The van der Waals surface area contributed by atoms with Gasteiger partial charge in [0.25, 0.3) is 0 Å². The Kier molecular flexibility index (Phi) is 5.96. The maximum atomic E-state index is 12.5. The molecule has 1 fully saturated rings. The predicted molar refractivity (Wildman–Crippen MR) is 107 cm³/mol. The second-order valence-corrected chi connectivity index (χ2v) is 6.44. The van der Waals surface area contributed by atoms with Crippen LogP contribution in [-0.4, -0.2) is 49.5 Å². The van der Waals surface area contributed by atoms with E-state index in [9.17, 15) is 9.59 Å². The Morgan fingerprint density at radius 3 is 2.30 bits per heavy atom. The molecular formula is C21H25N3O3. The molecule has 3 rings (SSSR count). The van der Waals surface area contributed by atoms with Gasteiger partial charge in [0.15, 0.2) is 5.78 Å². The molecule has 0 aromatic heterocycles. The number of benzene rings is 2. The third kappa shape index (κ3) is 4.58. The number of carbonyl (C=O) groups excluding carboxylic acids is 2. The molecule has 0 bridgehead atoms. The zero-order chi connectivity index (χ0) is 19.2. The van der Waals surface area contributed by atoms with Crippen molar-refractivity contribution in [2.45, 2.75) is 13.8 Å². The van der Waals surface area contributed by atoms with Gasteiger partial charge in [0.2, 0.25) is 0 Å². The number of nitrogens with one attached hydrogen (secondary N) is 1. The first-order valence-corrected chi connectivity index (χ1v) is 9.22. The van der Waals surface area contributed by atoms with Crippen LogP contribution in [0.2, 0.25) is 0 Å². The summed E-state index contributed by atoms with van der Waals surface area (Å²) in [7, 11) is 0. The number of hydrogen-bond acceptors (Lipinski definition) is 4. The summed E-state index contributed by atoms with van der Waals surface area (Å²) in [6, 6.07) is 14.8. The van der Waals surface area contributed by atoms with Crippen LogP contribution < -0.4 is 15.0 Å². The van der Waals surface area contributed by atoms with E-state index in [1.807, 2.05) is 25.1 Å². The topological polar surface area (TPSA) is 61.9 Å². The van der Waals surface area contributed by atoms with Gasteiger partial charge in [-0.15, -0.1) is 0 Å². The quantitative estimate of drug-likeness (QED) is 0.820. The second-order valence-electron chi connectivity index (χ2n) is 6.44. The molecule has 1 N–H and O–H groups in total. The molecular weight excluding hydrogens is 342 g/mol. The second kappa shape index (κ2) is 8.58. The van der Waals surface area contributed by atoms with Crippen molar-refractivity contribution in [1.29, 1.82) is 0 Å². The first-order valence-electron chi connectivity index (χ1n) is 9.22. The van der Waals surface area contributed by atoms with Gasteiger partial charge in [-0.25, -0.2) is 4.79 Å². The number of hydrogen-bond donors (Lipinski definition) is 1. The van der Waals surface area contributed by atoms with Gasteiger partial charge in [0.1, 0.15) is 5.75 Å². The van der Waals surface area contributed by atoms with Crippen LogP contribution in [0.25, 0.3) is 0 Å². The van der Waals surface area contributed by atoms with Gasteiger partial charge in [-0.1, -0.05) is 12.1 Å². The van der Waals surface area contributed by atoms with E-state index in [0.717, 1.165) is 24.5 Å². The first-order chi connectivity index (χ1) is 13.1. The maximum Gasteiger partial charge on any atom is 0.321 e. The van der Waals surface area contributed by atoms with E-state index in [2.05, 4.69) is 16.3 Å². The van der Waals surface area contributed by atoms with Gasteiger partial charge in [0.05, 0.1) is 12.3 Å². The summed E-state index contributed by atoms with van der Waals surface area (Å²) >= 11 is 0.